The van der Waals surface area contributed by atoms with E-state index < -0.39 is 5.97 Å². The molecule has 3 rings (SSSR count). The van der Waals surface area contributed by atoms with Gasteiger partial charge in [0, 0.05) is 0 Å². The summed E-state index contributed by atoms with van der Waals surface area (Å²) >= 11 is 0. The van der Waals surface area contributed by atoms with Crippen LogP contribution in [0.2, 0.25) is 0 Å². The van der Waals surface area contributed by atoms with Crippen LogP contribution in [0.25, 0.3) is 0 Å². The van der Waals surface area contributed by atoms with Gasteiger partial charge in [-0.2, -0.15) is 0 Å². The van der Waals surface area contributed by atoms with E-state index in [-0.39, 0.29) is 5.97 Å². The van der Waals surface area contributed by atoms with Gasteiger partial charge in [0.15, 0.2) is 0 Å². The van der Waals surface area contributed by atoms with E-state index in [1.54, 1.807) is 25.3 Å². The predicted molar refractivity (Wildman–Crippen MR) is 123 cm³/mol. The van der Waals surface area contributed by atoms with Crippen molar-refractivity contribution in [2.75, 3.05) is 21.3 Å². The summed E-state index contributed by atoms with van der Waals surface area (Å²) in [5.74, 6) is -0.191. The van der Waals surface area contributed by atoms with Crippen LogP contribution in [0.1, 0.15) is 43.0 Å². The van der Waals surface area contributed by atoms with E-state index in [0.29, 0.717) is 16.9 Å². The van der Waals surface area contributed by atoms with Gasteiger partial charge >= 0.3 is 11.9 Å². The third-order valence-corrected chi connectivity index (χ3v) is 5.44. The zero-order valence-electron chi connectivity index (χ0n) is 18.7. The molecule has 0 amide bonds. The summed E-state index contributed by atoms with van der Waals surface area (Å²) in [6.07, 6.45) is 3.56. The smallest absolute Gasteiger partial charge is 0.341 e. The van der Waals surface area contributed by atoms with Crippen molar-refractivity contribution in [3.63, 3.8) is 0 Å². The molecule has 0 heterocycles. The number of carbonyl (C=O) groups excluding carboxylic acids is 2. The second-order valence-electron chi connectivity index (χ2n) is 7.53. The Balaban J connectivity index is 1.59. The third-order valence-electron chi connectivity index (χ3n) is 5.44. The topological polar surface area (TPSA) is 61.8 Å². The molecule has 3 aromatic carbocycles. The van der Waals surface area contributed by atoms with Gasteiger partial charge in [-0.15, -0.1) is 0 Å². The lowest BCUT2D eigenvalue weighted by Gasteiger charge is -2.10. The summed E-state index contributed by atoms with van der Waals surface area (Å²) in [5, 5.41) is 0. The summed E-state index contributed by atoms with van der Waals surface area (Å²) in [5.41, 5.74) is 5.82. The number of hydrogen-bond donors (Lipinski definition) is 0. The molecule has 0 radical (unpaired) electrons. The van der Waals surface area contributed by atoms with Crippen molar-refractivity contribution in [1.29, 1.82) is 0 Å². The van der Waals surface area contributed by atoms with Crippen LogP contribution in [-0.2, 0) is 35.2 Å². The molecule has 5 heteroatoms. The number of esters is 2. The van der Waals surface area contributed by atoms with Crippen LogP contribution >= 0.6 is 0 Å². The van der Waals surface area contributed by atoms with Gasteiger partial charge in [0.25, 0.3) is 0 Å². The van der Waals surface area contributed by atoms with Crippen LogP contribution in [0, 0.1) is 0 Å². The Kier molecular flexibility index (Phi) is 8.03. The van der Waals surface area contributed by atoms with E-state index in [9.17, 15) is 9.59 Å². The van der Waals surface area contributed by atoms with Gasteiger partial charge in [-0.05, 0) is 72.2 Å². The maximum absolute atomic E-state index is 11.8. The number of methoxy groups -OCH3 is 3. The molecular weight excluding hydrogens is 404 g/mol. The Morgan fingerprint density at radius 2 is 1.16 bits per heavy atom. The Morgan fingerprint density at radius 3 is 1.72 bits per heavy atom. The molecule has 3 aromatic rings. The van der Waals surface area contributed by atoms with Crippen LogP contribution in [0.3, 0.4) is 0 Å². The van der Waals surface area contributed by atoms with Crippen LogP contribution in [0.4, 0.5) is 0 Å². The van der Waals surface area contributed by atoms with Crippen molar-refractivity contribution in [1.82, 2.24) is 0 Å². The van der Waals surface area contributed by atoms with Gasteiger partial charge in [0.2, 0.25) is 0 Å². The molecule has 0 bridgehead atoms. The lowest BCUT2D eigenvalue weighted by atomic mass is 9.98. The van der Waals surface area contributed by atoms with Gasteiger partial charge in [-0.25, -0.2) is 9.59 Å². The monoisotopic (exact) mass is 432 g/mol. The Hall–Kier alpha value is -3.60. The molecule has 166 valence electrons. The van der Waals surface area contributed by atoms with Crippen LogP contribution < -0.4 is 4.74 Å². The van der Waals surface area contributed by atoms with Gasteiger partial charge in [0.1, 0.15) is 11.3 Å². The highest BCUT2D eigenvalue weighted by Gasteiger charge is 2.13. The normalized spacial score (nSPS) is 10.5. The third kappa shape index (κ3) is 5.97. The summed E-state index contributed by atoms with van der Waals surface area (Å²) in [6.45, 7) is 0. The summed E-state index contributed by atoms with van der Waals surface area (Å²) in [6, 6.07) is 21.7. The van der Waals surface area contributed by atoms with Gasteiger partial charge in [0.05, 0.1) is 26.9 Å². The minimum absolute atomic E-state index is 0.318. The molecule has 0 aliphatic rings. The van der Waals surface area contributed by atoms with E-state index in [4.69, 9.17) is 14.2 Å². The lowest BCUT2D eigenvalue weighted by Crippen LogP contribution is -2.05. The van der Waals surface area contributed by atoms with Crippen molar-refractivity contribution in [2.24, 2.45) is 0 Å². The predicted octanol–water partition coefficient (Wildman–Crippen LogP) is 4.84. The first-order valence-corrected chi connectivity index (χ1v) is 10.5. The molecule has 0 unspecified atom stereocenters. The number of benzene rings is 3. The van der Waals surface area contributed by atoms with Crippen LogP contribution in [-0.4, -0.2) is 33.3 Å². The zero-order chi connectivity index (χ0) is 22.9. The molecule has 0 atom stereocenters. The molecule has 0 aliphatic heterocycles. The molecule has 32 heavy (non-hydrogen) atoms. The lowest BCUT2D eigenvalue weighted by molar-refractivity contribution is 0.0589. The van der Waals surface area contributed by atoms with Gasteiger partial charge < -0.3 is 14.2 Å². The number of aryl methyl sites for hydroxylation is 4. The number of carbonyl (C=O) groups is 2. The van der Waals surface area contributed by atoms with Gasteiger partial charge in [-0.1, -0.05) is 42.5 Å². The Labute approximate surface area is 188 Å². The molecule has 0 fully saturated rings. The largest absolute Gasteiger partial charge is 0.496 e. The summed E-state index contributed by atoms with van der Waals surface area (Å²) in [7, 11) is 4.30. The molecule has 0 N–H and O–H groups in total. The van der Waals surface area contributed by atoms with E-state index in [2.05, 4.69) is 24.3 Å². The minimum Gasteiger partial charge on any atom is -0.496 e. The average Bonchev–Trinajstić information content (AvgIpc) is 2.85. The summed E-state index contributed by atoms with van der Waals surface area (Å²) in [4.78, 5) is 23.4. The number of rotatable bonds is 9. The second kappa shape index (κ2) is 11.1. The fraction of sp³-hybridized carbons (Fsp3) is 0.259. The van der Waals surface area contributed by atoms with Crippen molar-refractivity contribution >= 4 is 11.9 Å². The highest BCUT2D eigenvalue weighted by atomic mass is 16.5. The molecule has 0 spiro atoms. The zero-order valence-corrected chi connectivity index (χ0v) is 18.7. The second-order valence-corrected chi connectivity index (χ2v) is 7.53. The van der Waals surface area contributed by atoms with E-state index >= 15 is 0 Å². The first-order valence-electron chi connectivity index (χ1n) is 10.5. The van der Waals surface area contributed by atoms with Crippen LogP contribution in [0.15, 0.2) is 66.7 Å². The molecule has 0 saturated heterocycles. The minimum atomic E-state index is -0.402. The number of hydrogen-bond acceptors (Lipinski definition) is 5. The number of ether oxygens (including phenoxy) is 3. The Morgan fingerprint density at radius 1 is 0.625 bits per heavy atom. The standard InChI is InChI=1S/C27H28O5/c1-30-25-18-22(13-16-24(25)27(29)32-3)10-9-21-6-4-5-20(17-21)8-7-19-11-14-23(15-12-19)26(28)31-2/h4-6,11-18H,7-10H2,1-3H3. The molecular formula is C27H28O5. The SMILES string of the molecule is COC(=O)c1ccc(CCc2cccc(CCc3ccc(C(=O)OC)c(OC)c3)c2)cc1. The molecule has 5 nitrogen and oxygen atoms in total. The molecule has 0 saturated carbocycles. The Bertz CT molecular complexity index is 1070. The first kappa shape index (κ1) is 23.1. The van der Waals surface area contributed by atoms with E-state index in [1.165, 1.54) is 30.9 Å². The van der Waals surface area contributed by atoms with E-state index in [0.717, 1.165) is 31.2 Å². The maximum atomic E-state index is 11.8. The van der Waals surface area contributed by atoms with Gasteiger partial charge in [-0.3, -0.25) is 0 Å². The van der Waals surface area contributed by atoms with Crippen molar-refractivity contribution < 1.29 is 23.8 Å². The van der Waals surface area contributed by atoms with Crippen molar-refractivity contribution in [3.8, 4) is 5.75 Å². The van der Waals surface area contributed by atoms with Crippen LogP contribution in [0.5, 0.6) is 5.75 Å². The maximum Gasteiger partial charge on any atom is 0.341 e. The summed E-state index contributed by atoms with van der Waals surface area (Å²) < 4.78 is 14.9. The first-order chi connectivity index (χ1) is 15.5. The average molecular weight is 433 g/mol. The quantitative estimate of drug-likeness (QED) is 0.453. The molecule has 0 aliphatic carbocycles. The highest BCUT2D eigenvalue weighted by molar-refractivity contribution is 5.92. The fourth-order valence-electron chi connectivity index (χ4n) is 3.61. The van der Waals surface area contributed by atoms with E-state index in [1.807, 2.05) is 24.3 Å². The fourth-order valence-corrected chi connectivity index (χ4v) is 3.61. The van der Waals surface area contributed by atoms with Crippen molar-refractivity contribution in [3.05, 3.63) is 100 Å². The van der Waals surface area contributed by atoms with Crippen molar-refractivity contribution in [2.45, 2.75) is 25.7 Å². The molecule has 0 aromatic heterocycles. The highest BCUT2D eigenvalue weighted by Crippen LogP contribution is 2.22.